The summed E-state index contributed by atoms with van der Waals surface area (Å²) in [6.07, 6.45) is 9.09. The zero-order valence-corrected chi connectivity index (χ0v) is 16.4. The molecule has 0 bridgehead atoms. The molecule has 160 valence electrons. The normalized spacial score (nSPS) is 25.8. The molecule has 0 aromatic carbocycles. The second-order valence-corrected chi connectivity index (χ2v) is 7.80. The predicted molar refractivity (Wildman–Crippen MR) is 104 cm³/mol. The maximum atomic E-state index is 13.5. The summed E-state index contributed by atoms with van der Waals surface area (Å²) in [4.78, 5) is 29.7. The lowest BCUT2D eigenvalue weighted by molar-refractivity contribution is -0.131. The van der Waals surface area contributed by atoms with Crippen LogP contribution in [0, 0.1) is 17.2 Å². The summed E-state index contributed by atoms with van der Waals surface area (Å²) in [5.41, 5.74) is 0.893. The molecule has 3 rings (SSSR count). The third kappa shape index (κ3) is 5.39. The fraction of sp³-hybridized carbons (Fsp3) is 0.524. The van der Waals surface area contributed by atoms with Gasteiger partial charge in [0.1, 0.15) is 6.04 Å². The molecule has 9 heteroatoms. The highest BCUT2D eigenvalue weighted by Crippen LogP contribution is 2.31. The number of hydrogen-bond donors (Lipinski definition) is 2. The third-order valence-corrected chi connectivity index (χ3v) is 5.53. The molecule has 1 aromatic heterocycles. The van der Waals surface area contributed by atoms with Gasteiger partial charge in [0.2, 0.25) is 5.91 Å². The number of amides is 2. The van der Waals surface area contributed by atoms with Gasteiger partial charge in [-0.05, 0) is 37.7 Å². The fourth-order valence-electron chi connectivity index (χ4n) is 3.83. The van der Waals surface area contributed by atoms with Crippen LogP contribution in [0.25, 0.3) is 6.08 Å². The standard InChI is InChI=1S/C21H24F2N4O3/c22-21(23)9-16(10-24)27(13-21)19(29)12-26-20(30)18-7-8-25-11-15(18)4-1-14-2-5-17(28)6-3-14/h1,4,7-8,11,14,16-17,28H,2-3,5-6,9,12-13H2,(H,26,30)/b4-1+/t14?,16-,17?/m0/s1. The summed E-state index contributed by atoms with van der Waals surface area (Å²) >= 11 is 0. The first-order valence-electron chi connectivity index (χ1n) is 9.94. The minimum absolute atomic E-state index is 0.247. The van der Waals surface area contributed by atoms with Crippen LogP contribution in [-0.4, -0.2) is 58.0 Å². The van der Waals surface area contributed by atoms with Crippen molar-refractivity contribution in [3.63, 3.8) is 0 Å². The number of carbonyl (C=O) groups is 2. The average molecular weight is 418 g/mol. The number of aromatic nitrogens is 1. The Bertz CT molecular complexity index is 860. The summed E-state index contributed by atoms with van der Waals surface area (Å²) in [5.74, 6) is -4.04. The number of rotatable bonds is 5. The van der Waals surface area contributed by atoms with Gasteiger partial charge in [0, 0.05) is 29.9 Å². The van der Waals surface area contributed by atoms with Gasteiger partial charge in [0.25, 0.3) is 11.8 Å². The van der Waals surface area contributed by atoms with E-state index in [4.69, 9.17) is 5.26 Å². The number of allylic oxidation sites excluding steroid dienone is 1. The van der Waals surface area contributed by atoms with E-state index in [2.05, 4.69) is 10.3 Å². The number of alkyl halides is 2. The molecule has 0 spiro atoms. The van der Waals surface area contributed by atoms with Crippen molar-refractivity contribution in [1.82, 2.24) is 15.2 Å². The van der Waals surface area contributed by atoms with E-state index in [0.29, 0.717) is 17.0 Å². The number of halogens is 2. The molecule has 30 heavy (non-hydrogen) atoms. The minimum atomic E-state index is -3.10. The van der Waals surface area contributed by atoms with E-state index in [0.717, 1.165) is 30.6 Å². The van der Waals surface area contributed by atoms with E-state index >= 15 is 0 Å². The number of nitriles is 1. The second kappa shape index (κ2) is 9.30. The Balaban J connectivity index is 1.61. The van der Waals surface area contributed by atoms with Crippen LogP contribution in [0.1, 0.15) is 48.0 Å². The number of aliphatic hydroxyl groups is 1. The number of pyridine rings is 1. The monoisotopic (exact) mass is 418 g/mol. The highest BCUT2D eigenvalue weighted by molar-refractivity contribution is 5.99. The fourth-order valence-corrected chi connectivity index (χ4v) is 3.83. The highest BCUT2D eigenvalue weighted by atomic mass is 19.3. The van der Waals surface area contributed by atoms with E-state index in [-0.39, 0.29) is 6.10 Å². The number of nitrogens with one attached hydrogen (secondary N) is 1. The molecule has 2 N–H and O–H groups in total. The number of aliphatic hydroxyl groups excluding tert-OH is 1. The van der Waals surface area contributed by atoms with Crippen LogP contribution in [0.5, 0.6) is 0 Å². The van der Waals surface area contributed by atoms with Gasteiger partial charge in [0.05, 0.1) is 25.3 Å². The van der Waals surface area contributed by atoms with Crippen LogP contribution in [0.15, 0.2) is 24.5 Å². The van der Waals surface area contributed by atoms with Crippen molar-refractivity contribution < 1.29 is 23.5 Å². The van der Waals surface area contributed by atoms with E-state index in [1.165, 1.54) is 18.5 Å². The molecule has 1 saturated carbocycles. The Labute approximate surface area is 173 Å². The SMILES string of the molecule is N#C[C@@H]1CC(F)(F)CN1C(=O)CNC(=O)c1ccncc1/C=C/C1CCC(O)CC1. The van der Waals surface area contributed by atoms with Crippen molar-refractivity contribution in [2.75, 3.05) is 13.1 Å². The maximum Gasteiger partial charge on any atom is 0.268 e. The summed E-state index contributed by atoms with van der Waals surface area (Å²) < 4.78 is 27.0. The van der Waals surface area contributed by atoms with Crippen LogP contribution < -0.4 is 5.32 Å². The van der Waals surface area contributed by atoms with Crippen LogP contribution >= 0.6 is 0 Å². The molecule has 0 radical (unpaired) electrons. The Kier molecular flexibility index (Phi) is 6.77. The van der Waals surface area contributed by atoms with Crippen molar-refractivity contribution in [3.8, 4) is 6.07 Å². The molecular formula is C21H24F2N4O3. The lowest BCUT2D eigenvalue weighted by Gasteiger charge is -2.22. The van der Waals surface area contributed by atoms with Gasteiger partial charge in [-0.15, -0.1) is 0 Å². The van der Waals surface area contributed by atoms with Gasteiger partial charge in [0.15, 0.2) is 0 Å². The molecule has 1 aliphatic carbocycles. The zero-order valence-electron chi connectivity index (χ0n) is 16.4. The van der Waals surface area contributed by atoms with Crippen LogP contribution in [-0.2, 0) is 4.79 Å². The van der Waals surface area contributed by atoms with Gasteiger partial charge in [-0.3, -0.25) is 14.6 Å². The first kappa shape index (κ1) is 21.8. The summed E-state index contributed by atoms with van der Waals surface area (Å²) in [6, 6.07) is 2.03. The molecule has 1 aliphatic heterocycles. The van der Waals surface area contributed by atoms with Crippen LogP contribution in [0.4, 0.5) is 8.78 Å². The largest absolute Gasteiger partial charge is 0.393 e. The van der Waals surface area contributed by atoms with Crippen molar-refractivity contribution >= 4 is 17.9 Å². The van der Waals surface area contributed by atoms with Gasteiger partial charge in [-0.1, -0.05) is 12.2 Å². The van der Waals surface area contributed by atoms with E-state index in [1.54, 1.807) is 12.1 Å². The number of likely N-dealkylation sites (tertiary alicyclic amines) is 1. The van der Waals surface area contributed by atoms with Crippen LogP contribution in [0.2, 0.25) is 0 Å². The minimum Gasteiger partial charge on any atom is -0.393 e. The first-order valence-corrected chi connectivity index (χ1v) is 9.94. The molecule has 1 atom stereocenters. The predicted octanol–water partition coefficient (Wildman–Crippen LogP) is 2.14. The Hall–Kier alpha value is -2.86. The lowest BCUT2D eigenvalue weighted by atomic mass is 9.87. The molecule has 2 heterocycles. The van der Waals surface area contributed by atoms with E-state index < -0.39 is 43.3 Å². The molecule has 2 fully saturated rings. The Morgan fingerprint density at radius 1 is 1.37 bits per heavy atom. The number of carbonyl (C=O) groups excluding carboxylic acids is 2. The van der Waals surface area contributed by atoms with E-state index in [9.17, 15) is 23.5 Å². The lowest BCUT2D eigenvalue weighted by Crippen LogP contribution is -2.43. The van der Waals surface area contributed by atoms with Crippen molar-refractivity contribution in [1.29, 1.82) is 5.26 Å². The second-order valence-electron chi connectivity index (χ2n) is 7.80. The molecule has 1 saturated heterocycles. The highest BCUT2D eigenvalue weighted by Gasteiger charge is 2.47. The van der Waals surface area contributed by atoms with Gasteiger partial charge < -0.3 is 15.3 Å². The molecule has 0 unspecified atom stereocenters. The average Bonchev–Trinajstić information content (AvgIpc) is 3.06. The quantitative estimate of drug-likeness (QED) is 0.762. The van der Waals surface area contributed by atoms with Crippen molar-refractivity contribution in [2.24, 2.45) is 5.92 Å². The summed E-state index contributed by atoms with van der Waals surface area (Å²) in [5, 5.41) is 21.0. The first-order chi connectivity index (χ1) is 14.3. The van der Waals surface area contributed by atoms with Gasteiger partial charge in [-0.25, -0.2) is 8.78 Å². The number of nitrogens with zero attached hydrogens (tertiary/aromatic N) is 3. The maximum absolute atomic E-state index is 13.5. The van der Waals surface area contributed by atoms with E-state index in [1.807, 2.05) is 6.08 Å². The molecule has 7 nitrogen and oxygen atoms in total. The van der Waals surface area contributed by atoms with Gasteiger partial charge >= 0.3 is 0 Å². The number of hydrogen-bond acceptors (Lipinski definition) is 5. The summed E-state index contributed by atoms with van der Waals surface area (Å²) in [7, 11) is 0. The Morgan fingerprint density at radius 3 is 2.80 bits per heavy atom. The third-order valence-electron chi connectivity index (χ3n) is 5.53. The van der Waals surface area contributed by atoms with Crippen LogP contribution in [0.3, 0.4) is 0 Å². The topological polar surface area (TPSA) is 106 Å². The smallest absolute Gasteiger partial charge is 0.268 e. The molecular weight excluding hydrogens is 394 g/mol. The Morgan fingerprint density at radius 2 is 2.10 bits per heavy atom. The zero-order chi connectivity index (χ0) is 21.7. The molecule has 2 amide bonds. The van der Waals surface area contributed by atoms with Crippen molar-refractivity contribution in [2.45, 2.75) is 50.2 Å². The van der Waals surface area contributed by atoms with Gasteiger partial charge in [-0.2, -0.15) is 5.26 Å². The summed E-state index contributed by atoms with van der Waals surface area (Å²) in [6.45, 7) is -1.29. The molecule has 2 aliphatic rings. The molecule has 1 aromatic rings. The van der Waals surface area contributed by atoms with Crippen molar-refractivity contribution in [3.05, 3.63) is 35.7 Å².